The van der Waals surface area contributed by atoms with Crippen LogP contribution in [0.5, 0.6) is 0 Å². The number of alkyl halides is 3. The van der Waals surface area contributed by atoms with Crippen molar-refractivity contribution in [2.24, 2.45) is 0 Å². The number of terminal acetylenes is 1. The summed E-state index contributed by atoms with van der Waals surface area (Å²) in [6, 6.07) is 0. The Morgan fingerprint density at radius 2 is 1.70 bits per heavy atom. The predicted molar refractivity (Wildman–Crippen MR) is 30.1 cm³/mol. The maximum absolute atomic E-state index is 11.4. The number of ether oxygens (including phenoxy) is 1. The molecule has 1 nitrogen and oxygen atoms in total. The minimum atomic E-state index is -4.66. The van der Waals surface area contributed by atoms with Gasteiger partial charge >= 0.3 is 6.36 Å². The van der Waals surface area contributed by atoms with Crippen LogP contribution in [0.15, 0.2) is 0 Å². The molecular formula is C6H7F3O. The van der Waals surface area contributed by atoms with Crippen LogP contribution in [0.2, 0.25) is 0 Å². The lowest BCUT2D eigenvalue weighted by Gasteiger charge is -2.19. The minimum Gasteiger partial charge on any atom is -0.273 e. The molecule has 0 unspecified atom stereocenters. The molecule has 10 heavy (non-hydrogen) atoms. The van der Waals surface area contributed by atoms with Gasteiger partial charge in [0.1, 0.15) is 5.60 Å². The van der Waals surface area contributed by atoms with E-state index in [9.17, 15) is 13.2 Å². The number of hydrogen-bond donors (Lipinski definition) is 0. The lowest BCUT2D eigenvalue weighted by Crippen LogP contribution is -2.30. The Bertz CT molecular complexity index is 151. The van der Waals surface area contributed by atoms with Crippen LogP contribution in [0.25, 0.3) is 0 Å². The molecular weight excluding hydrogens is 145 g/mol. The number of hydrogen-bond acceptors (Lipinski definition) is 1. The topological polar surface area (TPSA) is 9.23 Å². The molecule has 0 amide bonds. The van der Waals surface area contributed by atoms with Crippen LogP contribution in [-0.4, -0.2) is 12.0 Å². The number of rotatable bonds is 1. The van der Waals surface area contributed by atoms with Crippen molar-refractivity contribution in [3.8, 4) is 12.3 Å². The van der Waals surface area contributed by atoms with Crippen LogP contribution < -0.4 is 0 Å². The summed E-state index contributed by atoms with van der Waals surface area (Å²) in [7, 11) is 0. The van der Waals surface area contributed by atoms with E-state index in [1.807, 2.05) is 5.92 Å². The third-order valence-corrected chi connectivity index (χ3v) is 0.718. The average Bonchev–Trinajstić information content (AvgIpc) is 1.60. The van der Waals surface area contributed by atoms with Crippen molar-refractivity contribution < 1.29 is 17.9 Å². The molecule has 0 aliphatic rings. The maximum Gasteiger partial charge on any atom is 0.523 e. The SMILES string of the molecule is C#CC(C)(C)OC(F)(F)F. The molecule has 0 aliphatic carbocycles. The fourth-order valence-electron chi connectivity index (χ4n) is 0.319. The summed E-state index contributed by atoms with van der Waals surface area (Å²) in [6.45, 7) is 2.33. The van der Waals surface area contributed by atoms with Crippen LogP contribution in [0.3, 0.4) is 0 Å². The van der Waals surface area contributed by atoms with E-state index in [1.54, 1.807) is 0 Å². The highest BCUT2D eigenvalue weighted by Gasteiger charge is 2.36. The fourth-order valence-corrected chi connectivity index (χ4v) is 0.319. The third-order valence-electron chi connectivity index (χ3n) is 0.718. The minimum absolute atomic E-state index is 1.17. The Balaban J connectivity index is 4.05. The normalized spacial score (nSPS) is 12.8. The summed E-state index contributed by atoms with van der Waals surface area (Å²) in [5.74, 6) is 1.86. The van der Waals surface area contributed by atoms with Gasteiger partial charge in [-0.05, 0) is 13.8 Å². The zero-order valence-electron chi connectivity index (χ0n) is 5.62. The highest BCUT2D eigenvalue weighted by Crippen LogP contribution is 2.23. The van der Waals surface area contributed by atoms with E-state index in [0.29, 0.717) is 0 Å². The first kappa shape index (κ1) is 9.31. The first-order valence-electron chi connectivity index (χ1n) is 2.51. The Labute approximate surface area is 57.2 Å². The molecule has 0 aromatic heterocycles. The molecule has 0 rings (SSSR count). The van der Waals surface area contributed by atoms with Gasteiger partial charge in [0.2, 0.25) is 0 Å². The quantitative estimate of drug-likeness (QED) is 0.521. The lowest BCUT2D eigenvalue weighted by molar-refractivity contribution is -0.351. The van der Waals surface area contributed by atoms with Crippen molar-refractivity contribution in [1.29, 1.82) is 0 Å². The molecule has 4 heteroatoms. The van der Waals surface area contributed by atoms with Gasteiger partial charge in [-0.3, -0.25) is 4.74 Å². The van der Waals surface area contributed by atoms with Crippen molar-refractivity contribution in [2.75, 3.05) is 0 Å². The van der Waals surface area contributed by atoms with Crippen molar-refractivity contribution >= 4 is 0 Å². The molecule has 0 saturated carbocycles. The molecule has 0 aromatic carbocycles. The monoisotopic (exact) mass is 152 g/mol. The van der Waals surface area contributed by atoms with Gasteiger partial charge in [0, 0.05) is 0 Å². The van der Waals surface area contributed by atoms with Gasteiger partial charge in [0.05, 0.1) is 0 Å². The largest absolute Gasteiger partial charge is 0.523 e. The van der Waals surface area contributed by atoms with Gasteiger partial charge in [0.15, 0.2) is 0 Å². The van der Waals surface area contributed by atoms with Gasteiger partial charge in [-0.2, -0.15) is 0 Å². The van der Waals surface area contributed by atoms with E-state index in [4.69, 9.17) is 6.42 Å². The molecule has 0 heterocycles. The van der Waals surface area contributed by atoms with E-state index >= 15 is 0 Å². The van der Waals surface area contributed by atoms with E-state index in [0.717, 1.165) is 0 Å². The zero-order chi connectivity index (χ0) is 8.41. The molecule has 0 atom stereocenters. The summed E-state index contributed by atoms with van der Waals surface area (Å²) >= 11 is 0. The van der Waals surface area contributed by atoms with Crippen molar-refractivity contribution in [2.45, 2.75) is 25.8 Å². The van der Waals surface area contributed by atoms with Crippen LogP contribution >= 0.6 is 0 Å². The second-order valence-electron chi connectivity index (χ2n) is 2.20. The Kier molecular flexibility index (Phi) is 2.33. The van der Waals surface area contributed by atoms with E-state index in [-0.39, 0.29) is 0 Å². The standard InChI is InChI=1S/C6H7F3O/c1-4-5(2,3)10-6(7,8)9/h1H,2-3H3. The van der Waals surface area contributed by atoms with Crippen molar-refractivity contribution in [3.05, 3.63) is 0 Å². The summed E-state index contributed by atoms with van der Waals surface area (Å²) in [4.78, 5) is 0. The first-order valence-corrected chi connectivity index (χ1v) is 2.51. The molecule has 0 radical (unpaired) electrons. The summed E-state index contributed by atoms with van der Waals surface area (Å²) < 4.78 is 37.8. The first-order chi connectivity index (χ1) is 4.27. The summed E-state index contributed by atoms with van der Waals surface area (Å²) in [5, 5.41) is 0. The fraction of sp³-hybridized carbons (Fsp3) is 0.667. The molecule has 58 valence electrons. The molecule has 0 N–H and O–H groups in total. The van der Waals surface area contributed by atoms with Gasteiger partial charge in [-0.25, -0.2) is 0 Å². The van der Waals surface area contributed by atoms with Crippen LogP contribution in [0, 0.1) is 12.3 Å². The molecule has 0 aliphatic heterocycles. The van der Waals surface area contributed by atoms with Gasteiger partial charge < -0.3 is 0 Å². The van der Waals surface area contributed by atoms with Crippen LogP contribution in [-0.2, 0) is 4.74 Å². The average molecular weight is 152 g/mol. The van der Waals surface area contributed by atoms with Crippen molar-refractivity contribution in [1.82, 2.24) is 0 Å². The second-order valence-corrected chi connectivity index (χ2v) is 2.20. The molecule has 0 aromatic rings. The van der Waals surface area contributed by atoms with E-state index < -0.39 is 12.0 Å². The van der Waals surface area contributed by atoms with E-state index in [1.165, 1.54) is 13.8 Å². The summed E-state index contributed by atoms with van der Waals surface area (Å²) in [6.07, 6.45) is 0.0816. The summed E-state index contributed by atoms with van der Waals surface area (Å²) in [5.41, 5.74) is -1.57. The Hall–Kier alpha value is -0.690. The molecule has 0 saturated heterocycles. The van der Waals surface area contributed by atoms with Crippen molar-refractivity contribution in [3.63, 3.8) is 0 Å². The maximum atomic E-state index is 11.4. The van der Waals surface area contributed by atoms with Gasteiger partial charge in [0.25, 0.3) is 0 Å². The number of halogens is 3. The highest BCUT2D eigenvalue weighted by molar-refractivity contribution is 5.02. The Morgan fingerprint density at radius 1 is 1.30 bits per heavy atom. The molecule has 0 fully saturated rings. The second kappa shape index (κ2) is 2.51. The molecule has 0 bridgehead atoms. The van der Waals surface area contributed by atoms with Gasteiger partial charge in [-0.1, -0.05) is 5.92 Å². The van der Waals surface area contributed by atoms with Crippen LogP contribution in [0.4, 0.5) is 13.2 Å². The third kappa shape index (κ3) is 4.21. The smallest absolute Gasteiger partial charge is 0.273 e. The highest BCUT2D eigenvalue weighted by atomic mass is 19.4. The van der Waals surface area contributed by atoms with Crippen LogP contribution in [0.1, 0.15) is 13.8 Å². The molecule has 0 spiro atoms. The predicted octanol–water partition coefficient (Wildman–Crippen LogP) is 1.93. The lowest BCUT2D eigenvalue weighted by atomic mass is 10.2. The van der Waals surface area contributed by atoms with E-state index in [2.05, 4.69) is 4.74 Å². The zero-order valence-corrected chi connectivity index (χ0v) is 5.62. The Morgan fingerprint density at radius 3 is 1.80 bits per heavy atom. The van der Waals surface area contributed by atoms with Gasteiger partial charge in [-0.15, -0.1) is 19.6 Å².